The maximum absolute atomic E-state index is 11.4. The molecule has 0 saturated carbocycles. The Bertz CT molecular complexity index is 481. The van der Waals surface area contributed by atoms with E-state index in [1.165, 1.54) is 0 Å². The molecule has 0 radical (unpaired) electrons. The molecule has 1 saturated heterocycles. The molecule has 1 aliphatic rings. The summed E-state index contributed by atoms with van der Waals surface area (Å²) in [4.78, 5) is 2.06. The number of nitrogens with zero attached hydrogens (tertiary/aromatic N) is 1. The van der Waals surface area contributed by atoms with Crippen LogP contribution in [-0.4, -0.2) is 37.9 Å². The van der Waals surface area contributed by atoms with E-state index in [0.29, 0.717) is 25.3 Å². The van der Waals surface area contributed by atoms with Crippen LogP contribution in [0, 0.1) is 0 Å². The summed E-state index contributed by atoms with van der Waals surface area (Å²) < 4.78 is 28.1. The topological polar surface area (TPSA) is 76.5 Å². The van der Waals surface area contributed by atoms with Crippen LogP contribution in [0.5, 0.6) is 0 Å². The van der Waals surface area contributed by atoms with E-state index in [1.54, 1.807) is 6.26 Å². The third-order valence-corrected chi connectivity index (χ3v) is 5.02. The van der Waals surface area contributed by atoms with Gasteiger partial charge in [-0.05, 0) is 19.5 Å². The van der Waals surface area contributed by atoms with Crippen LogP contribution >= 0.6 is 0 Å². The fourth-order valence-corrected chi connectivity index (χ4v) is 4.01. The van der Waals surface area contributed by atoms with Crippen molar-refractivity contribution in [3.05, 3.63) is 23.7 Å². The van der Waals surface area contributed by atoms with Gasteiger partial charge < -0.3 is 10.2 Å². The van der Waals surface area contributed by atoms with Crippen LogP contribution in [0.1, 0.15) is 17.7 Å². The van der Waals surface area contributed by atoms with E-state index in [-0.39, 0.29) is 11.8 Å². The van der Waals surface area contributed by atoms with Crippen molar-refractivity contribution in [3.63, 3.8) is 0 Å². The normalized spacial score (nSPS) is 23.4. The predicted molar refractivity (Wildman–Crippen MR) is 65.1 cm³/mol. The molecular formula is C11H18N2O3S. The molecule has 0 bridgehead atoms. The Kier molecular flexibility index (Phi) is 3.56. The van der Waals surface area contributed by atoms with Crippen molar-refractivity contribution in [2.75, 3.05) is 18.6 Å². The highest BCUT2D eigenvalue weighted by Crippen LogP contribution is 2.20. The summed E-state index contributed by atoms with van der Waals surface area (Å²) in [5.74, 6) is 1.34. The summed E-state index contributed by atoms with van der Waals surface area (Å²) in [5.41, 5.74) is 6.60. The molecule has 0 spiro atoms. The van der Waals surface area contributed by atoms with Gasteiger partial charge in [-0.25, -0.2) is 8.42 Å². The van der Waals surface area contributed by atoms with Gasteiger partial charge >= 0.3 is 0 Å². The molecule has 1 aliphatic heterocycles. The molecule has 1 aromatic heterocycles. The Labute approximate surface area is 101 Å². The minimum absolute atomic E-state index is 0.112. The van der Waals surface area contributed by atoms with E-state index in [0.717, 1.165) is 11.3 Å². The third-order valence-electron chi connectivity index (χ3n) is 3.27. The lowest BCUT2D eigenvalue weighted by Gasteiger charge is -2.22. The Morgan fingerprint density at radius 3 is 2.94 bits per heavy atom. The molecule has 5 nitrogen and oxygen atoms in total. The van der Waals surface area contributed by atoms with Crippen molar-refractivity contribution < 1.29 is 12.8 Å². The third kappa shape index (κ3) is 2.88. The number of hydrogen-bond acceptors (Lipinski definition) is 5. The van der Waals surface area contributed by atoms with Gasteiger partial charge in [0, 0.05) is 18.2 Å². The summed E-state index contributed by atoms with van der Waals surface area (Å²) in [6, 6.07) is 2.00. The summed E-state index contributed by atoms with van der Waals surface area (Å²) >= 11 is 0. The van der Waals surface area contributed by atoms with Crippen LogP contribution < -0.4 is 5.73 Å². The highest BCUT2D eigenvalue weighted by atomic mass is 32.2. The Morgan fingerprint density at radius 2 is 2.35 bits per heavy atom. The van der Waals surface area contributed by atoms with Gasteiger partial charge in [0.15, 0.2) is 9.84 Å². The lowest BCUT2D eigenvalue weighted by molar-refractivity contribution is 0.252. The fraction of sp³-hybridized carbons (Fsp3) is 0.636. The fourth-order valence-electron chi connectivity index (χ4n) is 2.21. The first kappa shape index (κ1) is 12.6. The molecular weight excluding hydrogens is 240 g/mol. The summed E-state index contributed by atoms with van der Waals surface area (Å²) in [6.07, 6.45) is 2.34. The van der Waals surface area contributed by atoms with E-state index in [9.17, 15) is 8.42 Å². The van der Waals surface area contributed by atoms with Gasteiger partial charge in [-0.1, -0.05) is 0 Å². The largest absolute Gasteiger partial charge is 0.468 e. The molecule has 1 unspecified atom stereocenters. The maximum Gasteiger partial charge on any atom is 0.151 e. The molecule has 6 heteroatoms. The van der Waals surface area contributed by atoms with Crippen LogP contribution in [-0.2, 0) is 22.9 Å². The zero-order chi connectivity index (χ0) is 12.5. The lowest BCUT2D eigenvalue weighted by atomic mass is 10.2. The van der Waals surface area contributed by atoms with Crippen LogP contribution in [0.3, 0.4) is 0 Å². The number of rotatable bonds is 4. The predicted octanol–water partition coefficient (Wildman–Crippen LogP) is 0.357. The smallest absolute Gasteiger partial charge is 0.151 e. The Hall–Kier alpha value is -0.850. The molecule has 2 rings (SSSR count). The van der Waals surface area contributed by atoms with Gasteiger partial charge in [0.05, 0.1) is 24.3 Å². The summed E-state index contributed by atoms with van der Waals surface area (Å²) in [7, 11) is -0.882. The van der Waals surface area contributed by atoms with Crippen molar-refractivity contribution in [1.82, 2.24) is 4.90 Å². The molecule has 0 aromatic carbocycles. The molecule has 2 heterocycles. The minimum atomic E-state index is -2.82. The average molecular weight is 258 g/mol. The molecule has 2 N–H and O–H groups in total. The van der Waals surface area contributed by atoms with Gasteiger partial charge in [-0.3, -0.25) is 4.90 Å². The van der Waals surface area contributed by atoms with Crippen LogP contribution in [0.25, 0.3) is 0 Å². The molecule has 96 valence electrons. The second kappa shape index (κ2) is 4.80. The first-order valence-corrected chi connectivity index (χ1v) is 7.50. The van der Waals surface area contributed by atoms with Crippen molar-refractivity contribution in [3.8, 4) is 0 Å². The molecule has 0 aliphatic carbocycles. The minimum Gasteiger partial charge on any atom is -0.468 e. The van der Waals surface area contributed by atoms with Gasteiger partial charge in [0.1, 0.15) is 5.76 Å². The summed E-state index contributed by atoms with van der Waals surface area (Å²) in [5, 5.41) is 0. The van der Waals surface area contributed by atoms with Gasteiger partial charge in [0.2, 0.25) is 0 Å². The van der Waals surface area contributed by atoms with E-state index in [2.05, 4.69) is 4.90 Å². The van der Waals surface area contributed by atoms with Gasteiger partial charge in [0.25, 0.3) is 0 Å². The average Bonchev–Trinajstić information content (AvgIpc) is 2.84. The molecule has 0 amide bonds. The summed E-state index contributed by atoms with van der Waals surface area (Å²) in [6.45, 7) is 1.06. The monoisotopic (exact) mass is 258 g/mol. The maximum atomic E-state index is 11.4. The van der Waals surface area contributed by atoms with Gasteiger partial charge in [-0.2, -0.15) is 0 Å². The molecule has 17 heavy (non-hydrogen) atoms. The van der Waals surface area contributed by atoms with Gasteiger partial charge in [-0.15, -0.1) is 0 Å². The van der Waals surface area contributed by atoms with Crippen molar-refractivity contribution in [1.29, 1.82) is 0 Å². The van der Waals surface area contributed by atoms with E-state index >= 15 is 0 Å². The van der Waals surface area contributed by atoms with E-state index < -0.39 is 9.84 Å². The SMILES string of the molecule is CN(Cc1ccoc1CN)C1CCS(=O)(=O)C1. The lowest BCUT2D eigenvalue weighted by Crippen LogP contribution is -2.32. The first-order valence-electron chi connectivity index (χ1n) is 5.68. The number of hydrogen-bond donors (Lipinski definition) is 1. The molecule has 1 fully saturated rings. The van der Waals surface area contributed by atoms with Crippen molar-refractivity contribution in [2.24, 2.45) is 5.73 Å². The first-order chi connectivity index (χ1) is 8.02. The van der Waals surface area contributed by atoms with E-state index in [4.69, 9.17) is 10.2 Å². The highest BCUT2D eigenvalue weighted by molar-refractivity contribution is 7.91. The van der Waals surface area contributed by atoms with Crippen molar-refractivity contribution in [2.45, 2.75) is 25.6 Å². The quantitative estimate of drug-likeness (QED) is 0.843. The van der Waals surface area contributed by atoms with Crippen molar-refractivity contribution >= 4 is 9.84 Å². The van der Waals surface area contributed by atoms with Crippen LogP contribution in [0.2, 0.25) is 0 Å². The Balaban J connectivity index is 2.00. The number of sulfone groups is 1. The molecule has 1 atom stereocenters. The second-order valence-electron chi connectivity index (χ2n) is 4.55. The number of nitrogens with two attached hydrogens (primary N) is 1. The standard InChI is InChI=1S/C11H18N2O3S/c1-13(10-3-5-17(14,15)8-10)7-9-2-4-16-11(9)6-12/h2,4,10H,3,5-8,12H2,1H3. The highest BCUT2D eigenvalue weighted by Gasteiger charge is 2.30. The number of furan rings is 1. The zero-order valence-electron chi connectivity index (χ0n) is 9.93. The van der Waals surface area contributed by atoms with Crippen LogP contribution in [0.4, 0.5) is 0 Å². The van der Waals surface area contributed by atoms with E-state index in [1.807, 2.05) is 13.1 Å². The van der Waals surface area contributed by atoms with Crippen LogP contribution in [0.15, 0.2) is 16.7 Å². The Morgan fingerprint density at radius 1 is 1.59 bits per heavy atom. The second-order valence-corrected chi connectivity index (χ2v) is 6.77. The molecule has 1 aromatic rings. The zero-order valence-corrected chi connectivity index (χ0v) is 10.7.